The van der Waals surface area contributed by atoms with Crippen LogP contribution in [0, 0.1) is 0 Å². The third kappa shape index (κ3) is 7.76. The van der Waals surface area contributed by atoms with Gasteiger partial charge in [0.15, 0.2) is 5.96 Å². The number of aliphatic imine (C=N–C) groups is 1. The van der Waals surface area contributed by atoms with Gasteiger partial charge < -0.3 is 15.5 Å². The van der Waals surface area contributed by atoms with E-state index >= 15 is 0 Å². The van der Waals surface area contributed by atoms with Crippen molar-refractivity contribution in [3.63, 3.8) is 0 Å². The van der Waals surface area contributed by atoms with Crippen LogP contribution in [-0.4, -0.2) is 74.2 Å². The normalized spacial score (nSPS) is 17.0. The predicted molar refractivity (Wildman–Crippen MR) is 101 cm³/mol. The maximum atomic E-state index is 12.3. The van der Waals surface area contributed by atoms with E-state index in [1.807, 2.05) is 0 Å². The first-order chi connectivity index (χ1) is 12.8. The number of carbonyl (C=O) groups is 1. The van der Waals surface area contributed by atoms with E-state index in [1.54, 1.807) is 18.4 Å². The SMILES string of the molecule is CN=C(NCC(=O)N(C)CC(F)(F)F)NC1CCN(Cc2ccsc2)CC1. The number of rotatable bonds is 6. The van der Waals surface area contributed by atoms with Crippen LogP contribution in [0.5, 0.6) is 0 Å². The van der Waals surface area contributed by atoms with Crippen LogP contribution in [0.4, 0.5) is 13.2 Å². The smallest absolute Gasteiger partial charge is 0.354 e. The second-order valence-corrected chi connectivity index (χ2v) is 7.40. The standard InChI is InChI=1S/C17H26F3N5OS/c1-21-16(22-9-15(26)24(2)12-17(18,19)20)23-14-3-6-25(7-4-14)10-13-5-8-27-11-13/h5,8,11,14H,3-4,6-7,9-10,12H2,1-2H3,(H2,21,22,23). The number of likely N-dealkylation sites (N-methyl/N-ethyl adjacent to an activating group) is 1. The van der Waals surface area contributed by atoms with Crippen molar-refractivity contribution in [1.82, 2.24) is 20.4 Å². The monoisotopic (exact) mass is 405 g/mol. The maximum absolute atomic E-state index is 12.3. The minimum absolute atomic E-state index is 0.220. The summed E-state index contributed by atoms with van der Waals surface area (Å²) in [5.74, 6) is -0.207. The Morgan fingerprint density at radius 3 is 2.67 bits per heavy atom. The first-order valence-electron chi connectivity index (χ1n) is 8.78. The van der Waals surface area contributed by atoms with E-state index in [2.05, 4.69) is 37.4 Å². The maximum Gasteiger partial charge on any atom is 0.406 e. The number of piperidine rings is 1. The summed E-state index contributed by atoms with van der Waals surface area (Å²) in [5.41, 5.74) is 1.32. The van der Waals surface area contributed by atoms with Gasteiger partial charge in [0, 0.05) is 39.8 Å². The Kier molecular flexibility index (Phi) is 7.91. The molecular weight excluding hydrogens is 379 g/mol. The summed E-state index contributed by atoms with van der Waals surface area (Å²) < 4.78 is 37.0. The van der Waals surface area contributed by atoms with Gasteiger partial charge >= 0.3 is 6.18 Å². The summed E-state index contributed by atoms with van der Waals surface area (Å²) in [7, 11) is 2.71. The van der Waals surface area contributed by atoms with Crippen molar-refractivity contribution in [2.75, 3.05) is 40.3 Å². The van der Waals surface area contributed by atoms with Crippen molar-refractivity contribution in [3.05, 3.63) is 22.4 Å². The lowest BCUT2D eigenvalue weighted by Crippen LogP contribution is -2.50. The molecule has 0 aromatic carbocycles. The lowest BCUT2D eigenvalue weighted by molar-refractivity contribution is -0.157. The van der Waals surface area contributed by atoms with Crippen LogP contribution in [0.1, 0.15) is 18.4 Å². The topological polar surface area (TPSA) is 60.0 Å². The zero-order chi connectivity index (χ0) is 19.9. The molecule has 2 N–H and O–H groups in total. The van der Waals surface area contributed by atoms with Gasteiger partial charge in [-0.1, -0.05) is 0 Å². The van der Waals surface area contributed by atoms with Crippen molar-refractivity contribution in [2.24, 2.45) is 4.99 Å². The number of hydrogen-bond acceptors (Lipinski definition) is 4. The quantitative estimate of drug-likeness (QED) is 0.561. The molecule has 10 heteroatoms. The van der Waals surface area contributed by atoms with Crippen LogP contribution in [-0.2, 0) is 11.3 Å². The predicted octanol–water partition coefficient (Wildman–Crippen LogP) is 1.90. The number of hydrogen-bond donors (Lipinski definition) is 2. The molecule has 0 atom stereocenters. The molecule has 1 aromatic heterocycles. The molecular formula is C17H26F3N5OS. The number of amides is 1. The Bertz CT molecular complexity index is 613. The number of nitrogens with zero attached hydrogens (tertiary/aromatic N) is 3. The Hall–Kier alpha value is -1.81. The first-order valence-corrected chi connectivity index (χ1v) is 9.72. The second-order valence-electron chi connectivity index (χ2n) is 6.62. The molecule has 0 saturated carbocycles. The molecule has 1 amide bonds. The minimum Gasteiger partial charge on any atom is -0.354 e. The fourth-order valence-electron chi connectivity index (χ4n) is 2.92. The number of thiophene rings is 1. The van der Waals surface area contributed by atoms with Crippen LogP contribution in [0.2, 0.25) is 0 Å². The summed E-state index contributed by atoms with van der Waals surface area (Å²) in [5, 5.41) is 10.3. The zero-order valence-electron chi connectivity index (χ0n) is 15.6. The van der Waals surface area contributed by atoms with Crippen molar-refractivity contribution >= 4 is 23.2 Å². The highest BCUT2D eigenvalue weighted by atomic mass is 32.1. The average molecular weight is 405 g/mol. The van der Waals surface area contributed by atoms with Crippen LogP contribution in [0.15, 0.2) is 21.8 Å². The zero-order valence-corrected chi connectivity index (χ0v) is 16.4. The van der Waals surface area contributed by atoms with E-state index in [1.165, 1.54) is 5.56 Å². The highest BCUT2D eigenvalue weighted by molar-refractivity contribution is 7.07. The minimum atomic E-state index is -4.40. The average Bonchev–Trinajstić information content (AvgIpc) is 3.11. The van der Waals surface area contributed by atoms with Gasteiger partial charge in [0.25, 0.3) is 0 Å². The number of carbonyl (C=O) groups excluding carboxylic acids is 1. The third-order valence-corrected chi connectivity index (χ3v) is 5.12. The Labute approximate surface area is 161 Å². The summed E-state index contributed by atoms with van der Waals surface area (Å²) in [4.78, 5) is 18.9. The number of nitrogens with one attached hydrogen (secondary N) is 2. The molecule has 1 aliphatic heterocycles. The molecule has 1 aliphatic rings. The number of halogens is 3. The van der Waals surface area contributed by atoms with Crippen LogP contribution >= 0.6 is 11.3 Å². The molecule has 6 nitrogen and oxygen atoms in total. The summed E-state index contributed by atoms with van der Waals surface area (Å²) in [6.07, 6.45) is -2.53. The van der Waals surface area contributed by atoms with Gasteiger partial charge in [-0.05, 0) is 35.2 Å². The van der Waals surface area contributed by atoms with Gasteiger partial charge in [-0.2, -0.15) is 24.5 Å². The highest BCUT2D eigenvalue weighted by Crippen LogP contribution is 2.16. The fourth-order valence-corrected chi connectivity index (χ4v) is 3.58. The molecule has 1 fully saturated rings. The molecule has 0 bridgehead atoms. The number of guanidine groups is 1. The molecule has 0 aliphatic carbocycles. The second kappa shape index (κ2) is 9.93. The van der Waals surface area contributed by atoms with E-state index in [0.29, 0.717) is 10.9 Å². The molecule has 1 saturated heterocycles. The molecule has 0 unspecified atom stereocenters. The van der Waals surface area contributed by atoms with Crippen molar-refractivity contribution in [2.45, 2.75) is 31.6 Å². The molecule has 152 valence electrons. The molecule has 2 rings (SSSR count). The molecule has 2 heterocycles. The van der Waals surface area contributed by atoms with Gasteiger partial charge in [0.05, 0.1) is 6.54 Å². The lowest BCUT2D eigenvalue weighted by Gasteiger charge is -2.33. The van der Waals surface area contributed by atoms with Gasteiger partial charge in [0.1, 0.15) is 6.54 Å². The van der Waals surface area contributed by atoms with E-state index in [4.69, 9.17) is 0 Å². The number of alkyl halides is 3. The van der Waals surface area contributed by atoms with E-state index in [9.17, 15) is 18.0 Å². The third-order valence-electron chi connectivity index (χ3n) is 4.39. The summed E-state index contributed by atoms with van der Waals surface area (Å²) >= 11 is 1.70. The fraction of sp³-hybridized carbons (Fsp3) is 0.647. The van der Waals surface area contributed by atoms with Crippen molar-refractivity contribution in [1.29, 1.82) is 0 Å². The molecule has 0 radical (unpaired) electrons. The van der Waals surface area contributed by atoms with E-state index < -0.39 is 18.6 Å². The largest absolute Gasteiger partial charge is 0.406 e. The van der Waals surface area contributed by atoms with Gasteiger partial charge in [-0.25, -0.2) is 0 Å². The van der Waals surface area contributed by atoms with Crippen molar-refractivity contribution in [3.8, 4) is 0 Å². The van der Waals surface area contributed by atoms with Crippen molar-refractivity contribution < 1.29 is 18.0 Å². The Balaban J connectivity index is 1.70. The molecule has 27 heavy (non-hydrogen) atoms. The van der Waals surface area contributed by atoms with Crippen LogP contribution < -0.4 is 10.6 Å². The molecule has 0 spiro atoms. The van der Waals surface area contributed by atoms with Gasteiger partial charge in [-0.3, -0.25) is 14.7 Å². The highest BCUT2D eigenvalue weighted by Gasteiger charge is 2.31. The Morgan fingerprint density at radius 2 is 2.11 bits per heavy atom. The van der Waals surface area contributed by atoms with E-state index in [-0.39, 0.29) is 12.6 Å². The first kappa shape index (κ1) is 21.5. The van der Waals surface area contributed by atoms with E-state index in [0.717, 1.165) is 39.5 Å². The molecule has 1 aromatic rings. The number of likely N-dealkylation sites (tertiary alicyclic amines) is 1. The van der Waals surface area contributed by atoms with Crippen LogP contribution in [0.3, 0.4) is 0 Å². The Morgan fingerprint density at radius 1 is 1.41 bits per heavy atom. The van der Waals surface area contributed by atoms with Gasteiger partial charge in [-0.15, -0.1) is 0 Å². The summed E-state index contributed by atoms with van der Waals surface area (Å²) in [6, 6.07) is 2.35. The van der Waals surface area contributed by atoms with Gasteiger partial charge in [0.2, 0.25) is 5.91 Å². The lowest BCUT2D eigenvalue weighted by atomic mass is 10.0. The summed E-state index contributed by atoms with van der Waals surface area (Å²) in [6.45, 7) is 1.37. The van der Waals surface area contributed by atoms with Crippen LogP contribution in [0.25, 0.3) is 0 Å².